The number of hydrogen-bond acceptors (Lipinski definition) is 2. The summed E-state index contributed by atoms with van der Waals surface area (Å²) in [6.07, 6.45) is 1.81. The van der Waals surface area contributed by atoms with E-state index in [2.05, 4.69) is 12.1 Å². The van der Waals surface area contributed by atoms with Gasteiger partial charge in [-0.1, -0.05) is 55.5 Å². The molecule has 106 valence electrons. The van der Waals surface area contributed by atoms with E-state index < -0.39 is 9.84 Å². The van der Waals surface area contributed by atoms with Crippen molar-refractivity contribution in [3.8, 4) is 0 Å². The summed E-state index contributed by atoms with van der Waals surface area (Å²) in [5.41, 5.74) is 1.26. The number of aryl methyl sites for hydroxylation is 1. The van der Waals surface area contributed by atoms with Gasteiger partial charge in [-0.05, 0) is 36.5 Å². The Morgan fingerprint density at radius 2 is 1.45 bits per heavy atom. The standard InChI is InChI=1S/C17H20O2S/c1-15(12-13-16-8-4-2-5-9-16)14-20(18,19)17-10-6-3-7-11-17/h2-11,15H,12-14H2,1H3. The van der Waals surface area contributed by atoms with Crippen molar-refractivity contribution >= 4 is 9.84 Å². The molecule has 2 aromatic rings. The Bertz CT molecular complexity index is 619. The highest BCUT2D eigenvalue weighted by Gasteiger charge is 2.17. The van der Waals surface area contributed by atoms with Gasteiger partial charge in [-0.25, -0.2) is 8.42 Å². The van der Waals surface area contributed by atoms with E-state index >= 15 is 0 Å². The zero-order valence-corrected chi connectivity index (χ0v) is 12.5. The molecule has 0 heterocycles. The third-order valence-corrected chi connectivity index (χ3v) is 5.37. The van der Waals surface area contributed by atoms with E-state index in [-0.39, 0.29) is 11.7 Å². The van der Waals surface area contributed by atoms with Crippen LogP contribution in [0.5, 0.6) is 0 Å². The summed E-state index contributed by atoms with van der Waals surface area (Å²) in [6, 6.07) is 18.9. The first kappa shape index (κ1) is 14.8. The molecule has 0 N–H and O–H groups in total. The van der Waals surface area contributed by atoms with Crippen molar-refractivity contribution in [2.24, 2.45) is 5.92 Å². The Kier molecular flexibility index (Phi) is 4.96. The Hall–Kier alpha value is -1.61. The van der Waals surface area contributed by atoms with Crippen LogP contribution in [0.15, 0.2) is 65.6 Å². The zero-order valence-electron chi connectivity index (χ0n) is 11.7. The van der Waals surface area contributed by atoms with Gasteiger partial charge in [-0.15, -0.1) is 0 Å². The molecule has 20 heavy (non-hydrogen) atoms. The zero-order chi connectivity index (χ0) is 14.4. The van der Waals surface area contributed by atoms with Crippen LogP contribution >= 0.6 is 0 Å². The topological polar surface area (TPSA) is 34.1 Å². The van der Waals surface area contributed by atoms with E-state index in [9.17, 15) is 8.42 Å². The van der Waals surface area contributed by atoms with Crippen molar-refractivity contribution in [1.29, 1.82) is 0 Å². The van der Waals surface area contributed by atoms with E-state index in [0.29, 0.717) is 4.90 Å². The fraction of sp³-hybridized carbons (Fsp3) is 0.294. The van der Waals surface area contributed by atoms with Gasteiger partial charge in [0.2, 0.25) is 0 Å². The lowest BCUT2D eigenvalue weighted by Gasteiger charge is -2.12. The molecule has 0 saturated heterocycles. The van der Waals surface area contributed by atoms with Gasteiger partial charge < -0.3 is 0 Å². The Morgan fingerprint density at radius 3 is 2.05 bits per heavy atom. The minimum absolute atomic E-state index is 0.153. The highest BCUT2D eigenvalue weighted by Crippen LogP contribution is 2.17. The Labute approximate surface area is 121 Å². The van der Waals surface area contributed by atoms with Crippen LogP contribution in [0.25, 0.3) is 0 Å². The van der Waals surface area contributed by atoms with Crippen LogP contribution in [0.4, 0.5) is 0 Å². The van der Waals surface area contributed by atoms with Crippen LogP contribution in [-0.2, 0) is 16.3 Å². The summed E-state index contributed by atoms with van der Waals surface area (Å²) >= 11 is 0. The fourth-order valence-electron chi connectivity index (χ4n) is 2.24. The first-order valence-electron chi connectivity index (χ1n) is 6.89. The number of rotatable bonds is 6. The molecule has 0 bridgehead atoms. The molecule has 0 aliphatic carbocycles. The third-order valence-electron chi connectivity index (χ3n) is 3.37. The second kappa shape index (κ2) is 6.71. The lowest BCUT2D eigenvalue weighted by atomic mass is 10.0. The van der Waals surface area contributed by atoms with Crippen LogP contribution in [0, 0.1) is 5.92 Å². The van der Waals surface area contributed by atoms with Gasteiger partial charge >= 0.3 is 0 Å². The maximum atomic E-state index is 12.3. The van der Waals surface area contributed by atoms with Crippen molar-refractivity contribution in [2.45, 2.75) is 24.7 Å². The van der Waals surface area contributed by atoms with Crippen molar-refractivity contribution in [2.75, 3.05) is 5.75 Å². The van der Waals surface area contributed by atoms with Crippen molar-refractivity contribution in [3.63, 3.8) is 0 Å². The normalized spacial score (nSPS) is 13.1. The smallest absolute Gasteiger partial charge is 0.178 e. The minimum Gasteiger partial charge on any atom is -0.224 e. The van der Waals surface area contributed by atoms with Gasteiger partial charge in [0.25, 0.3) is 0 Å². The lowest BCUT2D eigenvalue weighted by molar-refractivity contribution is 0.550. The first-order chi connectivity index (χ1) is 9.58. The summed E-state index contributed by atoms with van der Waals surface area (Å²) in [7, 11) is -3.16. The minimum atomic E-state index is -3.16. The van der Waals surface area contributed by atoms with E-state index in [1.54, 1.807) is 24.3 Å². The van der Waals surface area contributed by atoms with Crippen LogP contribution < -0.4 is 0 Å². The van der Waals surface area contributed by atoms with Crippen LogP contribution in [-0.4, -0.2) is 14.2 Å². The summed E-state index contributed by atoms with van der Waals surface area (Å²) in [6.45, 7) is 2.00. The maximum Gasteiger partial charge on any atom is 0.178 e. The van der Waals surface area contributed by atoms with Crippen LogP contribution in [0.1, 0.15) is 18.9 Å². The van der Waals surface area contributed by atoms with Gasteiger partial charge in [0, 0.05) is 0 Å². The molecule has 2 nitrogen and oxygen atoms in total. The number of hydrogen-bond donors (Lipinski definition) is 0. The average molecular weight is 288 g/mol. The SMILES string of the molecule is CC(CCc1ccccc1)CS(=O)(=O)c1ccccc1. The summed E-state index contributed by atoms with van der Waals surface area (Å²) in [5, 5.41) is 0. The molecule has 0 aliphatic heterocycles. The Morgan fingerprint density at radius 1 is 0.900 bits per heavy atom. The summed E-state index contributed by atoms with van der Waals surface area (Å²) < 4.78 is 24.5. The molecule has 1 atom stereocenters. The molecule has 1 unspecified atom stereocenters. The predicted molar refractivity (Wildman–Crippen MR) is 82.4 cm³/mol. The summed E-state index contributed by atoms with van der Waals surface area (Å²) in [4.78, 5) is 0.423. The highest BCUT2D eigenvalue weighted by atomic mass is 32.2. The predicted octanol–water partition coefficient (Wildman–Crippen LogP) is 3.73. The summed E-state index contributed by atoms with van der Waals surface area (Å²) in [5.74, 6) is 0.365. The lowest BCUT2D eigenvalue weighted by Crippen LogP contribution is -2.14. The van der Waals surface area contributed by atoms with Gasteiger partial charge in [0.15, 0.2) is 9.84 Å². The van der Waals surface area contributed by atoms with Gasteiger partial charge in [-0.2, -0.15) is 0 Å². The largest absolute Gasteiger partial charge is 0.224 e. The van der Waals surface area contributed by atoms with Crippen molar-refractivity contribution < 1.29 is 8.42 Å². The number of sulfone groups is 1. The third kappa shape index (κ3) is 4.20. The molecular weight excluding hydrogens is 268 g/mol. The second-order valence-corrected chi connectivity index (χ2v) is 7.26. The molecule has 2 aromatic carbocycles. The molecule has 3 heteroatoms. The van der Waals surface area contributed by atoms with Gasteiger partial charge in [0.1, 0.15) is 0 Å². The Balaban J connectivity index is 1.93. The molecule has 0 fully saturated rings. The van der Waals surface area contributed by atoms with Crippen LogP contribution in [0.2, 0.25) is 0 Å². The average Bonchev–Trinajstić information content (AvgIpc) is 2.47. The molecule has 2 rings (SSSR count). The van der Waals surface area contributed by atoms with Gasteiger partial charge in [0.05, 0.1) is 10.6 Å². The molecule has 0 spiro atoms. The van der Waals surface area contributed by atoms with E-state index in [4.69, 9.17) is 0 Å². The first-order valence-corrected chi connectivity index (χ1v) is 8.55. The molecule has 0 aliphatic rings. The van der Waals surface area contributed by atoms with Gasteiger partial charge in [-0.3, -0.25) is 0 Å². The van der Waals surface area contributed by atoms with E-state index in [0.717, 1.165) is 12.8 Å². The number of benzene rings is 2. The molecule has 0 aromatic heterocycles. The molecule has 0 radical (unpaired) electrons. The van der Waals surface area contributed by atoms with Crippen molar-refractivity contribution in [3.05, 3.63) is 66.2 Å². The quantitative estimate of drug-likeness (QED) is 0.811. The van der Waals surface area contributed by atoms with Crippen LogP contribution in [0.3, 0.4) is 0 Å². The fourth-order valence-corrected chi connectivity index (χ4v) is 3.92. The second-order valence-electron chi connectivity index (χ2n) is 5.22. The van der Waals surface area contributed by atoms with E-state index in [1.807, 2.05) is 31.2 Å². The molecular formula is C17H20O2S. The monoisotopic (exact) mass is 288 g/mol. The maximum absolute atomic E-state index is 12.3. The van der Waals surface area contributed by atoms with E-state index in [1.165, 1.54) is 5.56 Å². The van der Waals surface area contributed by atoms with Crippen molar-refractivity contribution in [1.82, 2.24) is 0 Å². The highest BCUT2D eigenvalue weighted by molar-refractivity contribution is 7.91. The molecule has 0 amide bonds. The molecule has 0 saturated carbocycles.